The highest BCUT2D eigenvalue weighted by molar-refractivity contribution is 6.30. The van der Waals surface area contributed by atoms with Gasteiger partial charge in [0.2, 0.25) is 5.95 Å². The predicted octanol–water partition coefficient (Wildman–Crippen LogP) is 4.50. The van der Waals surface area contributed by atoms with E-state index in [9.17, 15) is 5.11 Å². The van der Waals surface area contributed by atoms with Gasteiger partial charge in [-0.3, -0.25) is 0 Å². The molecule has 3 aromatic rings. The number of hydrogen-bond acceptors (Lipinski definition) is 5. The monoisotopic (exact) mass is 427 g/mol. The second kappa shape index (κ2) is 8.98. The number of aliphatic hydroxyl groups is 1. The molecule has 2 aromatic carbocycles. The molecule has 0 amide bonds. The molecular formula is C23H23ClFN3O2. The number of hydrogen-bond donors (Lipinski definition) is 1. The van der Waals surface area contributed by atoms with E-state index in [0.29, 0.717) is 46.4 Å². The Morgan fingerprint density at radius 3 is 2.67 bits per heavy atom. The molecule has 0 radical (unpaired) electrons. The van der Waals surface area contributed by atoms with Crippen LogP contribution in [0.15, 0.2) is 48.8 Å². The topological polar surface area (TPSA) is 58.5 Å². The first kappa shape index (κ1) is 20.6. The Hall–Kier alpha value is -2.70. The van der Waals surface area contributed by atoms with E-state index in [2.05, 4.69) is 9.97 Å². The first-order chi connectivity index (χ1) is 14.6. The van der Waals surface area contributed by atoms with Gasteiger partial charge in [-0.1, -0.05) is 29.8 Å². The Kier molecular flexibility index (Phi) is 6.16. The van der Waals surface area contributed by atoms with Crippen molar-refractivity contribution in [3.05, 3.63) is 70.8 Å². The van der Waals surface area contributed by atoms with Crippen LogP contribution in [0.3, 0.4) is 0 Å². The third-order valence-electron chi connectivity index (χ3n) is 5.29. The normalized spacial score (nSPS) is 15.7. The Morgan fingerprint density at radius 1 is 1.23 bits per heavy atom. The minimum Gasteiger partial charge on any atom is -0.493 e. The van der Waals surface area contributed by atoms with Crippen molar-refractivity contribution in [2.75, 3.05) is 24.7 Å². The van der Waals surface area contributed by atoms with Crippen LogP contribution in [0.1, 0.15) is 24.5 Å². The molecule has 0 aliphatic carbocycles. The summed E-state index contributed by atoms with van der Waals surface area (Å²) in [6.45, 7) is 3.23. The van der Waals surface area contributed by atoms with E-state index in [-0.39, 0.29) is 18.5 Å². The van der Waals surface area contributed by atoms with Crippen LogP contribution in [-0.2, 0) is 6.42 Å². The molecule has 0 bridgehead atoms. The lowest BCUT2D eigenvalue weighted by atomic mass is 9.98. The van der Waals surface area contributed by atoms with Gasteiger partial charge in [0.1, 0.15) is 11.6 Å². The third-order valence-corrected chi connectivity index (χ3v) is 5.53. The summed E-state index contributed by atoms with van der Waals surface area (Å²) in [5.74, 6) is 0.742. The first-order valence-electron chi connectivity index (χ1n) is 9.99. The highest BCUT2D eigenvalue weighted by Gasteiger charge is 2.29. The number of aromatic nitrogens is 2. The molecule has 1 N–H and O–H groups in total. The number of ether oxygens (including phenoxy) is 1. The molecule has 0 saturated carbocycles. The van der Waals surface area contributed by atoms with Gasteiger partial charge in [-0.05, 0) is 48.2 Å². The van der Waals surface area contributed by atoms with Gasteiger partial charge in [0.15, 0.2) is 0 Å². The SMILES string of the molecule is CCOc1ccc(Cc2cnc(N3CCC3CO)nc2)c(F)c1-c1cccc(Cl)c1. The molecule has 1 aromatic heterocycles. The van der Waals surface area contributed by atoms with E-state index in [1.165, 1.54) is 0 Å². The Morgan fingerprint density at radius 2 is 2.03 bits per heavy atom. The lowest BCUT2D eigenvalue weighted by Crippen LogP contribution is -2.50. The number of anilines is 1. The van der Waals surface area contributed by atoms with Crippen LogP contribution in [0.4, 0.5) is 10.3 Å². The van der Waals surface area contributed by atoms with E-state index in [1.54, 1.807) is 42.7 Å². The van der Waals surface area contributed by atoms with Crippen molar-refractivity contribution < 1.29 is 14.2 Å². The predicted molar refractivity (Wildman–Crippen MR) is 116 cm³/mol. The summed E-state index contributed by atoms with van der Waals surface area (Å²) in [6, 6.07) is 10.7. The summed E-state index contributed by atoms with van der Waals surface area (Å²) in [5.41, 5.74) is 2.41. The standard InChI is InChI=1S/C23H23ClFN3O2/c1-2-30-20-7-6-17(22(25)21(20)16-4-3-5-18(24)11-16)10-15-12-26-23(27-13-15)28-9-8-19(28)14-29/h3-7,11-13,19,29H,2,8-10,14H2,1H3. The van der Waals surface area contributed by atoms with Gasteiger partial charge in [-0.25, -0.2) is 14.4 Å². The van der Waals surface area contributed by atoms with Gasteiger partial charge in [0.25, 0.3) is 0 Å². The Balaban J connectivity index is 1.62. The molecule has 30 heavy (non-hydrogen) atoms. The van der Waals surface area contributed by atoms with E-state index in [4.69, 9.17) is 16.3 Å². The molecule has 1 aliphatic rings. The zero-order chi connectivity index (χ0) is 21.1. The Bertz CT molecular complexity index is 1030. The molecule has 156 valence electrons. The Labute approximate surface area is 180 Å². The molecule has 1 saturated heterocycles. The van der Waals surface area contributed by atoms with Crippen molar-refractivity contribution in [2.45, 2.75) is 25.8 Å². The smallest absolute Gasteiger partial charge is 0.225 e. The highest BCUT2D eigenvalue weighted by Crippen LogP contribution is 2.36. The van der Waals surface area contributed by atoms with Crippen LogP contribution in [0, 0.1) is 5.82 Å². The maximum absolute atomic E-state index is 15.5. The lowest BCUT2D eigenvalue weighted by Gasteiger charge is -2.39. The summed E-state index contributed by atoms with van der Waals surface area (Å²) < 4.78 is 21.2. The van der Waals surface area contributed by atoms with Crippen molar-refractivity contribution in [3.63, 3.8) is 0 Å². The lowest BCUT2D eigenvalue weighted by molar-refractivity contribution is 0.224. The molecular weight excluding hydrogens is 405 g/mol. The fraction of sp³-hybridized carbons (Fsp3) is 0.304. The van der Waals surface area contributed by atoms with Gasteiger partial charge in [0.05, 0.1) is 24.8 Å². The first-order valence-corrected chi connectivity index (χ1v) is 10.4. The van der Waals surface area contributed by atoms with E-state index in [1.807, 2.05) is 17.9 Å². The molecule has 5 nitrogen and oxygen atoms in total. The molecule has 1 unspecified atom stereocenters. The van der Waals surface area contributed by atoms with Crippen LogP contribution < -0.4 is 9.64 Å². The maximum atomic E-state index is 15.5. The largest absolute Gasteiger partial charge is 0.493 e. The van der Waals surface area contributed by atoms with Crippen molar-refractivity contribution in [2.24, 2.45) is 0 Å². The van der Waals surface area contributed by atoms with Crippen LogP contribution >= 0.6 is 11.6 Å². The average molecular weight is 428 g/mol. The summed E-state index contributed by atoms with van der Waals surface area (Å²) in [4.78, 5) is 10.8. The fourth-order valence-corrected chi connectivity index (χ4v) is 3.82. The maximum Gasteiger partial charge on any atom is 0.225 e. The van der Waals surface area contributed by atoms with Crippen molar-refractivity contribution >= 4 is 17.5 Å². The molecule has 4 rings (SSSR count). The van der Waals surface area contributed by atoms with Gasteiger partial charge >= 0.3 is 0 Å². The van der Waals surface area contributed by atoms with Crippen LogP contribution in [0.2, 0.25) is 5.02 Å². The van der Waals surface area contributed by atoms with Gasteiger partial charge in [-0.2, -0.15) is 0 Å². The number of halogens is 2. The summed E-state index contributed by atoms with van der Waals surface area (Å²) in [6.07, 6.45) is 4.72. The number of aliphatic hydroxyl groups excluding tert-OH is 1. The van der Waals surface area contributed by atoms with Gasteiger partial charge in [-0.15, -0.1) is 0 Å². The quantitative estimate of drug-likeness (QED) is 0.601. The van der Waals surface area contributed by atoms with Gasteiger partial charge < -0.3 is 14.7 Å². The van der Waals surface area contributed by atoms with Crippen LogP contribution in [0.5, 0.6) is 5.75 Å². The van der Waals surface area contributed by atoms with E-state index >= 15 is 4.39 Å². The molecule has 0 spiro atoms. The molecule has 1 aliphatic heterocycles. The van der Waals surface area contributed by atoms with Crippen LogP contribution in [0.25, 0.3) is 11.1 Å². The minimum atomic E-state index is -0.338. The molecule has 2 heterocycles. The van der Waals surface area contributed by atoms with E-state index < -0.39 is 0 Å². The number of nitrogens with zero attached hydrogens (tertiary/aromatic N) is 3. The van der Waals surface area contributed by atoms with Crippen molar-refractivity contribution in [1.29, 1.82) is 0 Å². The van der Waals surface area contributed by atoms with E-state index in [0.717, 1.165) is 18.5 Å². The fourth-order valence-electron chi connectivity index (χ4n) is 3.63. The molecule has 1 atom stereocenters. The molecule has 7 heteroatoms. The number of rotatable bonds is 7. The van der Waals surface area contributed by atoms with Crippen molar-refractivity contribution in [1.82, 2.24) is 9.97 Å². The molecule has 1 fully saturated rings. The number of benzene rings is 2. The van der Waals surface area contributed by atoms with Crippen molar-refractivity contribution in [3.8, 4) is 16.9 Å². The third kappa shape index (κ3) is 4.11. The zero-order valence-electron chi connectivity index (χ0n) is 16.7. The summed E-state index contributed by atoms with van der Waals surface area (Å²) >= 11 is 6.12. The second-order valence-corrected chi connectivity index (χ2v) is 7.68. The second-order valence-electron chi connectivity index (χ2n) is 7.24. The summed E-state index contributed by atoms with van der Waals surface area (Å²) in [5, 5.41) is 9.88. The minimum absolute atomic E-state index is 0.0830. The zero-order valence-corrected chi connectivity index (χ0v) is 17.4. The summed E-state index contributed by atoms with van der Waals surface area (Å²) in [7, 11) is 0. The van der Waals surface area contributed by atoms with Crippen LogP contribution in [-0.4, -0.2) is 40.9 Å². The van der Waals surface area contributed by atoms with Gasteiger partial charge in [0, 0.05) is 30.4 Å². The highest BCUT2D eigenvalue weighted by atomic mass is 35.5. The average Bonchev–Trinajstić information content (AvgIpc) is 2.71.